The van der Waals surface area contributed by atoms with E-state index in [-0.39, 0.29) is 5.56 Å². The molecule has 1 aliphatic heterocycles. The summed E-state index contributed by atoms with van der Waals surface area (Å²) in [7, 11) is 0. The lowest BCUT2D eigenvalue weighted by atomic mass is 10.1. The van der Waals surface area contributed by atoms with Crippen molar-refractivity contribution in [3.63, 3.8) is 0 Å². The maximum absolute atomic E-state index is 11.6. The molecule has 0 radical (unpaired) electrons. The number of hydrogen-bond acceptors (Lipinski definition) is 3. The van der Waals surface area contributed by atoms with E-state index in [0.717, 1.165) is 3.57 Å². The normalized spacial score (nSPS) is 15.6. The fraction of sp³-hybridized carbons (Fsp3) is 0.273. The van der Waals surface area contributed by atoms with Crippen molar-refractivity contribution < 1.29 is 19.4 Å². The van der Waals surface area contributed by atoms with Crippen LogP contribution in [0.2, 0.25) is 0 Å². The average molecular weight is 347 g/mol. The number of hydrogen-bond donors (Lipinski definition) is 1. The molecule has 1 aromatic rings. The van der Waals surface area contributed by atoms with Gasteiger partial charge in [-0.2, -0.15) is 0 Å². The summed E-state index contributed by atoms with van der Waals surface area (Å²) in [6.07, 6.45) is 0.219. The van der Waals surface area contributed by atoms with Crippen molar-refractivity contribution >= 4 is 40.3 Å². The maximum atomic E-state index is 11.6. The first-order valence-corrected chi connectivity index (χ1v) is 6.14. The highest BCUT2D eigenvalue weighted by Gasteiger charge is 2.25. The van der Waals surface area contributed by atoms with Crippen molar-refractivity contribution in [3.8, 4) is 0 Å². The van der Waals surface area contributed by atoms with Gasteiger partial charge in [-0.05, 0) is 47.2 Å². The molecule has 0 aromatic heterocycles. The Hall–Kier alpha value is -1.31. The van der Waals surface area contributed by atoms with E-state index in [1.54, 1.807) is 18.2 Å². The van der Waals surface area contributed by atoms with Crippen LogP contribution in [0.1, 0.15) is 16.8 Å². The Morgan fingerprint density at radius 3 is 2.88 bits per heavy atom. The van der Waals surface area contributed by atoms with E-state index in [1.165, 1.54) is 4.90 Å². The highest BCUT2D eigenvalue weighted by Crippen LogP contribution is 2.25. The molecule has 1 heterocycles. The largest absolute Gasteiger partial charge is 0.478 e. The second-order valence-corrected chi connectivity index (χ2v) is 4.83. The predicted molar refractivity (Wildman–Crippen MR) is 69.4 cm³/mol. The quantitative estimate of drug-likeness (QED) is 0.834. The van der Waals surface area contributed by atoms with Crippen LogP contribution >= 0.6 is 22.6 Å². The zero-order valence-electron chi connectivity index (χ0n) is 8.85. The minimum absolute atomic E-state index is 0.121. The molecule has 6 heteroatoms. The van der Waals surface area contributed by atoms with Crippen LogP contribution < -0.4 is 4.90 Å². The van der Waals surface area contributed by atoms with Gasteiger partial charge in [0.1, 0.15) is 0 Å². The first-order valence-electron chi connectivity index (χ1n) is 5.07. The maximum Gasteiger partial charge on any atom is 0.414 e. The lowest BCUT2D eigenvalue weighted by Gasteiger charge is -2.27. The van der Waals surface area contributed by atoms with Gasteiger partial charge in [-0.3, -0.25) is 4.90 Å². The third kappa shape index (κ3) is 2.51. The minimum Gasteiger partial charge on any atom is -0.478 e. The van der Waals surface area contributed by atoms with E-state index in [9.17, 15) is 9.59 Å². The van der Waals surface area contributed by atoms with Gasteiger partial charge < -0.3 is 9.84 Å². The van der Waals surface area contributed by atoms with Gasteiger partial charge in [-0.15, -0.1) is 0 Å². The van der Waals surface area contributed by atoms with Crippen LogP contribution in [-0.4, -0.2) is 30.3 Å². The van der Waals surface area contributed by atoms with Crippen LogP contribution in [0.5, 0.6) is 0 Å². The minimum atomic E-state index is -1.04. The number of ether oxygens (including phenoxy) is 1. The fourth-order valence-corrected chi connectivity index (χ4v) is 2.18. The Kier molecular flexibility index (Phi) is 3.51. The fourth-order valence-electron chi connectivity index (χ4n) is 1.69. The molecule has 0 bridgehead atoms. The second-order valence-electron chi connectivity index (χ2n) is 3.59. The van der Waals surface area contributed by atoms with Gasteiger partial charge in [0, 0.05) is 10.1 Å². The van der Waals surface area contributed by atoms with E-state index in [0.29, 0.717) is 25.3 Å². The number of aromatic carboxylic acids is 1. The second kappa shape index (κ2) is 4.91. The molecule has 5 nitrogen and oxygen atoms in total. The Bertz CT molecular complexity index is 475. The Morgan fingerprint density at radius 2 is 2.24 bits per heavy atom. The number of cyclic esters (lactones) is 1. The van der Waals surface area contributed by atoms with Crippen molar-refractivity contribution in [2.45, 2.75) is 6.42 Å². The molecule has 90 valence electrons. The van der Waals surface area contributed by atoms with Gasteiger partial charge in [-0.25, -0.2) is 9.59 Å². The summed E-state index contributed by atoms with van der Waals surface area (Å²) in [5, 5.41) is 9.12. The molecule has 17 heavy (non-hydrogen) atoms. The number of benzene rings is 1. The van der Waals surface area contributed by atoms with Crippen LogP contribution in [0.4, 0.5) is 10.5 Å². The van der Waals surface area contributed by atoms with E-state index in [2.05, 4.69) is 0 Å². The number of rotatable bonds is 2. The smallest absolute Gasteiger partial charge is 0.414 e. The number of nitrogens with zero attached hydrogens (tertiary/aromatic N) is 1. The number of halogens is 1. The molecular weight excluding hydrogens is 337 g/mol. The zero-order valence-corrected chi connectivity index (χ0v) is 11.0. The number of anilines is 1. The van der Waals surface area contributed by atoms with Crippen molar-refractivity contribution in [2.24, 2.45) is 0 Å². The molecule has 2 rings (SSSR count). The number of carbonyl (C=O) groups is 2. The van der Waals surface area contributed by atoms with E-state index in [4.69, 9.17) is 9.84 Å². The lowest BCUT2D eigenvalue weighted by molar-refractivity contribution is 0.0697. The van der Waals surface area contributed by atoms with Crippen molar-refractivity contribution in [1.29, 1.82) is 0 Å². The van der Waals surface area contributed by atoms with Gasteiger partial charge in [0.15, 0.2) is 0 Å². The molecule has 1 N–H and O–H groups in total. The highest BCUT2D eigenvalue weighted by atomic mass is 127. The van der Waals surface area contributed by atoms with Crippen LogP contribution in [0.25, 0.3) is 0 Å². The predicted octanol–water partition coefficient (Wildman–Crippen LogP) is 2.34. The number of carboxylic acid groups (broad SMARTS) is 1. The highest BCUT2D eigenvalue weighted by molar-refractivity contribution is 14.1. The molecule has 1 saturated heterocycles. The lowest BCUT2D eigenvalue weighted by Crippen LogP contribution is -2.38. The molecule has 0 aliphatic carbocycles. The van der Waals surface area contributed by atoms with Crippen LogP contribution in [0.15, 0.2) is 18.2 Å². The molecule has 1 aliphatic rings. The van der Waals surface area contributed by atoms with Crippen LogP contribution in [0.3, 0.4) is 0 Å². The van der Waals surface area contributed by atoms with Crippen molar-refractivity contribution in [3.05, 3.63) is 27.3 Å². The third-order valence-corrected chi connectivity index (χ3v) is 3.12. The molecule has 0 spiro atoms. The van der Waals surface area contributed by atoms with E-state index < -0.39 is 12.1 Å². The van der Waals surface area contributed by atoms with E-state index >= 15 is 0 Å². The first kappa shape index (κ1) is 12.2. The van der Waals surface area contributed by atoms with Gasteiger partial charge in [0.2, 0.25) is 0 Å². The number of amides is 1. The van der Waals surface area contributed by atoms with Gasteiger partial charge in [0.05, 0.1) is 17.9 Å². The summed E-state index contributed by atoms with van der Waals surface area (Å²) in [4.78, 5) is 24.1. The standard InChI is InChI=1S/C11H10INO4/c12-7-2-3-9(8(6-7)10(14)15)13-4-1-5-17-11(13)16/h2-3,6H,1,4-5H2,(H,14,15). The molecule has 1 aromatic carbocycles. The SMILES string of the molecule is O=C(O)c1cc(I)ccc1N1CCCOC1=O. The van der Waals surface area contributed by atoms with Crippen LogP contribution in [-0.2, 0) is 4.74 Å². The molecule has 1 fully saturated rings. The number of carbonyl (C=O) groups excluding carboxylic acids is 1. The average Bonchev–Trinajstić information content (AvgIpc) is 2.30. The van der Waals surface area contributed by atoms with Gasteiger partial charge >= 0.3 is 12.1 Å². The van der Waals surface area contributed by atoms with Gasteiger partial charge in [-0.1, -0.05) is 0 Å². The third-order valence-electron chi connectivity index (χ3n) is 2.45. The molecule has 0 atom stereocenters. The molecule has 0 saturated carbocycles. The van der Waals surface area contributed by atoms with Crippen molar-refractivity contribution in [2.75, 3.05) is 18.1 Å². The summed E-state index contributed by atoms with van der Waals surface area (Å²) in [5.74, 6) is -1.04. The molecular formula is C11H10INO4. The van der Waals surface area contributed by atoms with Crippen LogP contribution in [0, 0.1) is 3.57 Å². The topological polar surface area (TPSA) is 66.8 Å². The summed E-state index contributed by atoms with van der Waals surface area (Å²) in [5.41, 5.74) is 0.512. The number of carboxylic acids is 1. The molecule has 0 unspecified atom stereocenters. The van der Waals surface area contributed by atoms with Crippen molar-refractivity contribution in [1.82, 2.24) is 0 Å². The zero-order chi connectivity index (χ0) is 12.4. The summed E-state index contributed by atoms with van der Waals surface area (Å²) in [6.45, 7) is 0.877. The Balaban J connectivity index is 2.43. The van der Waals surface area contributed by atoms with E-state index in [1.807, 2.05) is 22.6 Å². The van der Waals surface area contributed by atoms with Gasteiger partial charge in [0.25, 0.3) is 0 Å². The Morgan fingerprint density at radius 1 is 1.47 bits per heavy atom. The Labute approximate surface area is 112 Å². The molecule has 1 amide bonds. The first-order chi connectivity index (χ1) is 8.09. The monoisotopic (exact) mass is 347 g/mol. The summed E-state index contributed by atoms with van der Waals surface area (Å²) >= 11 is 2.03. The summed E-state index contributed by atoms with van der Waals surface area (Å²) < 4.78 is 5.72. The summed E-state index contributed by atoms with van der Waals surface area (Å²) in [6, 6.07) is 4.95.